The molecule has 1 aliphatic heterocycles. The van der Waals surface area contributed by atoms with Gasteiger partial charge in [-0.25, -0.2) is 4.90 Å². The van der Waals surface area contributed by atoms with Gasteiger partial charge in [0.15, 0.2) is 0 Å². The van der Waals surface area contributed by atoms with E-state index in [1.54, 1.807) is 24.3 Å². The molecule has 2 aromatic carbocycles. The molecule has 1 heterocycles. The minimum atomic E-state index is -0.985. The number of rotatable bonds is 6. The third kappa shape index (κ3) is 4.29. The quantitative estimate of drug-likeness (QED) is 0.378. The van der Waals surface area contributed by atoms with Gasteiger partial charge in [-0.15, -0.1) is 0 Å². The van der Waals surface area contributed by atoms with Gasteiger partial charge in [0.2, 0.25) is 5.91 Å². The van der Waals surface area contributed by atoms with Gasteiger partial charge < -0.3 is 4.90 Å². The smallest absolute Gasteiger partial charge is 0.269 e. The fraction of sp³-hybridized carbons (Fsp3) is 0.318. The van der Waals surface area contributed by atoms with Gasteiger partial charge in [-0.1, -0.05) is 18.5 Å². The summed E-state index contributed by atoms with van der Waals surface area (Å²) in [4.78, 5) is 52.3. The van der Waals surface area contributed by atoms with Crippen LogP contribution in [0.25, 0.3) is 0 Å². The highest BCUT2D eigenvalue weighted by molar-refractivity contribution is 6.31. The van der Waals surface area contributed by atoms with E-state index in [2.05, 4.69) is 0 Å². The molecule has 0 aromatic heterocycles. The first-order valence-corrected chi connectivity index (χ1v) is 10.1. The predicted octanol–water partition coefficient (Wildman–Crippen LogP) is 4.21. The molecular formula is C22H22ClN3O5. The van der Waals surface area contributed by atoms with Crippen molar-refractivity contribution in [2.24, 2.45) is 0 Å². The Hall–Kier alpha value is -3.26. The monoisotopic (exact) mass is 443 g/mol. The lowest BCUT2D eigenvalue weighted by Crippen LogP contribution is -2.55. The summed E-state index contributed by atoms with van der Waals surface area (Å²) in [5.41, 5.74) is -0.287. The normalized spacial score (nSPS) is 16.5. The molecule has 31 heavy (non-hydrogen) atoms. The number of nitrogens with zero attached hydrogens (tertiary/aromatic N) is 3. The average molecular weight is 444 g/mol. The largest absolute Gasteiger partial charge is 0.321 e. The molecule has 9 heteroatoms. The highest BCUT2D eigenvalue weighted by atomic mass is 35.5. The van der Waals surface area contributed by atoms with Gasteiger partial charge in [0.1, 0.15) is 6.04 Å². The molecule has 0 saturated carbocycles. The Morgan fingerprint density at radius 1 is 1.16 bits per heavy atom. The van der Waals surface area contributed by atoms with E-state index in [-0.39, 0.29) is 17.7 Å². The van der Waals surface area contributed by atoms with Gasteiger partial charge in [-0.3, -0.25) is 24.5 Å². The maximum atomic E-state index is 13.4. The molecule has 1 aliphatic rings. The molecule has 1 unspecified atom stereocenters. The van der Waals surface area contributed by atoms with Crippen LogP contribution in [0, 0.1) is 10.1 Å². The standard InChI is InChI=1S/C22H22ClN3O5/c1-4-22(2,3)25(20(28)14-5-9-17(10-6-14)26(30)31)18-13-19(27)24(21(18)29)16-11-7-15(23)8-12-16/h5-12,18H,4,13H2,1-3H3. The number of benzene rings is 2. The summed E-state index contributed by atoms with van der Waals surface area (Å²) in [5, 5.41) is 11.4. The molecule has 3 rings (SSSR count). The molecule has 3 amide bonds. The first-order chi connectivity index (χ1) is 14.6. The molecule has 0 N–H and O–H groups in total. The van der Waals surface area contributed by atoms with Crippen molar-refractivity contribution in [1.82, 2.24) is 4.90 Å². The Morgan fingerprint density at radius 2 is 1.74 bits per heavy atom. The Kier molecular flexibility index (Phi) is 6.13. The van der Waals surface area contributed by atoms with Gasteiger partial charge in [0, 0.05) is 28.3 Å². The molecule has 0 spiro atoms. The molecule has 2 aromatic rings. The van der Waals surface area contributed by atoms with Gasteiger partial charge in [0.05, 0.1) is 17.0 Å². The number of amides is 3. The van der Waals surface area contributed by atoms with E-state index in [4.69, 9.17) is 11.6 Å². The van der Waals surface area contributed by atoms with E-state index in [0.717, 1.165) is 4.90 Å². The molecular weight excluding hydrogens is 422 g/mol. The number of non-ortho nitro benzene ring substituents is 1. The lowest BCUT2D eigenvalue weighted by atomic mass is 9.94. The van der Waals surface area contributed by atoms with Crippen LogP contribution >= 0.6 is 11.6 Å². The van der Waals surface area contributed by atoms with Crippen molar-refractivity contribution >= 4 is 40.7 Å². The second-order valence-corrected chi connectivity index (χ2v) is 8.35. The molecule has 1 fully saturated rings. The zero-order valence-electron chi connectivity index (χ0n) is 17.4. The molecule has 1 saturated heterocycles. The Balaban J connectivity index is 1.98. The Morgan fingerprint density at radius 3 is 2.26 bits per heavy atom. The van der Waals surface area contributed by atoms with Crippen LogP contribution in [-0.2, 0) is 9.59 Å². The maximum absolute atomic E-state index is 13.4. The molecule has 8 nitrogen and oxygen atoms in total. The molecule has 0 radical (unpaired) electrons. The lowest BCUT2D eigenvalue weighted by molar-refractivity contribution is -0.384. The number of nitro benzene ring substituents is 1. The van der Waals surface area contributed by atoms with Crippen molar-refractivity contribution in [3.63, 3.8) is 0 Å². The Labute approximate surface area is 184 Å². The fourth-order valence-electron chi connectivity index (χ4n) is 3.55. The first-order valence-electron chi connectivity index (χ1n) is 9.77. The molecule has 0 aliphatic carbocycles. The van der Waals surface area contributed by atoms with E-state index in [1.807, 2.05) is 20.8 Å². The number of nitro groups is 1. The number of anilines is 1. The highest BCUT2D eigenvalue weighted by Crippen LogP contribution is 2.33. The maximum Gasteiger partial charge on any atom is 0.269 e. The first kappa shape index (κ1) is 22.4. The number of halogens is 1. The summed E-state index contributed by atoms with van der Waals surface area (Å²) < 4.78 is 0. The van der Waals surface area contributed by atoms with Crippen molar-refractivity contribution in [1.29, 1.82) is 0 Å². The van der Waals surface area contributed by atoms with Gasteiger partial charge in [-0.2, -0.15) is 0 Å². The number of imide groups is 1. The third-order valence-corrected chi connectivity index (χ3v) is 5.83. The minimum Gasteiger partial charge on any atom is -0.321 e. The summed E-state index contributed by atoms with van der Waals surface area (Å²) in [5.74, 6) is -1.37. The summed E-state index contributed by atoms with van der Waals surface area (Å²) >= 11 is 5.91. The topological polar surface area (TPSA) is 101 Å². The molecule has 1 atom stereocenters. The predicted molar refractivity (Wildman–Crippen MR) is 116 cm³/mol. The van der Waals surface area contributed by atoms with Crippen molar-refractivity contribution in [2.75, 3.05) is 4.90 Å². The van der Waals surface area contributed by atoms with Crippen LogP contribution in [0.15, 0.2) is 48.5 Å². The lowest BCUT2D eigenvalue weighted by Gasteiger charge is -2.41. The van der Waals surface area contributed by atoms with Crippen molar-refractivity contribution < 1.29 is 19.3 Å². The SMILES string of the molecule is CCC(C)(C)N(C(=O)c1ccc([N+](=O)[O-])cc1)C1CC(=O)N(c2ccc(Cl)cc2)C1=O. The second kappa shape index (κ2) is 8.47. The number of hydrogen-bond acceptors (Lipinski definition) is 5. The van der Waals surface area contributed by atoms with Crippen molar-refractivity contribution in [2.45, 2.75) is 45.2 Å². The highest BCUT2D eigenvalue weighted by Gasteiger charge is 2.48. The van der Waals surface area contributed by atoms with Crippen LogP contribution < -0.4 is 4.90 Å². The average Bonchev–Trinajstić information content (AvgIpc) is 3.02. The van der Waals surface area contributed by atoms with Crippen molar-refractivity contribution in [3.05, 3.63) is 69.2 Å². The van der Waals surface area contributed by atoms with Crippen LogP contribution in [0.2, 0.25) is 5.02 Å². The summed E-state index contributed by atoms with van der Waals surface area (Å²) in [6.07, 6.45) is 0.383. The minimum absolute atomic E-state index is 0.140. The van der Waals surface area contributed by atoms with E-state index in [1.165, 1.54) is 29.2 Å². The second-order valence-electron chi connectivity index (χ2n) is 7.91. The Bertz CT molecular complexity index is 1030. The summed E-state index contributed by atoms with van der Waals surface area (Å²) in [6, 6.07) is 10.5. The number of carbonyl (C=O) groups excluding carboxylic acids is 3. The number of hydrogen-bond donors (Lipinski definition) is 0. The van der Waals surface area contributed by atoms with E-state index < -0.39 is 34.2 Å². The van der Waals surface area contributed by atoms with Crippen LogP contribution in [0.4, 0.5) is 11.4 Å². The van der Waals surface area contributed by atoms with E-state index in [0.29, 0.717) is 17.1 Å². The van der Waals surface area contributed by atoms with E-state index >= 15 is 0 Å². The molecule has 0 bridgehead atoms. The zero-order valence-corrected chi connectivity index (χ0v) is 18.1. The van der Waals surface area contributed by atoms with Crippen molar-refractivity contribution in [3.8, 4) is 0 Å². The van der Waals surface area contributed by atoms with Gasteiger partial charge >= 0.3 is 0 Å². The van der Waals surface area contributed by atoms with Crippen LogP contribution in [0.5, 0.6) is 0 Å². The van der Waals surface area contributed by atoms with Crippen LogP contribution in [-0.4, -0.2) is 39.1 Å². The van der Waals surface area contributed by atoms with Crippen LogP contribution in [0.3, 0.4) is 0 Å². The summed E-state index contributed by atoms with van der Waals surface area (Å²) in [7, 11) is 0. The van der Waals surface area contributed by atoms with Crippen LogP contribution in [0.1, 0.15) is 44.0 Å². The third-order valence-electron chi connectivity index (χ3n) is 5.58. The van der Waals surface area contributed by atoms with E-state index in [9.17, 15) is 24.5 Å². The zero-order chi connectivity index (χ0) is 22.9. The fourth-order valence-corrected chi connectivity index (χ4v) is 3.68. The molecule has 162 valence electrons. The summed E-state index contributed by atoms with van der Waals surface area (Å²) in [6.45, 7) is 5.52. The number of carbonyl (C=O) groups is 3. The van der Waals surface area contributed by atoms with Gasteiger partial charge in [0.25, 0.3) is 17.5 Å². The van der Waals surface area contributed by atoms with Gasteiger partial charge in [-0.05, 0) is 56.7 Å².